The van der Waals surface area contributed by atoms with Gasteiger partial charge in [0.25, 0.3) is 0 Å². The second kappa shape index (κ2) is 7.26. The van der Waals surface area contributed by atoms with Crippen molar-refractivity contribution in [3.63, 3.8) is 0 Å². The monoisotopic (exact) mass is 307 g/mol. The minimum atomic E-state index is 0.496. The molecule has 0 aromatic carbocycles. The Hall–Kier alpha value is -0.380. The van der Waals surface area contributed by atoms with Crippen LogP contribution in [0.3, 0.4) is 0 Å². The summed E-state index contributed by atoms with van der Waals surface area (Å²) in [5.41, 5.74) is 1.41. The summed E-state index contributed by atoms with van der Waals surface area (Å²) in [5, 5.41) is 3.60. The molecule has 2 fully saturated rings. The largest absolute Gasteiger partial charge is 0.373 e. The van der Waals surface area contributed by atoms with Crippen LogP contribution in [0.4, 0.5) is 0 Å². The van der Waals surface area contributed by atoms with E-state index in [0.717, 1.165) is 25.1 Å². The van der Waals surface area contributed by atoms with Crippen molar-refractivity contribution in [2.75, 3.05) is 0 Å². The van der Waals surface area contributed by atoms with Crippen molar-refractivity contribution in [3.05, 3.63) is 21.4 Å². The molecule has 0 amide bonds. The van der Waals surface area contributed by atoms with Crippen LogP contribution in [0.5, 0.6) is 0 Å². The van der Waals surface area contributed by atoms with Gasteiger partial charge < -0.3 is 10.1 Å². The number of aryl methyl sites for hydroxylation is 1. The number of rotatable bonds is 7. The minimum absolute atomic E-state index is 0.496. The van der Waals surface area contributed by atoms with Crippen molar-refractivity contribution in [2.45, 2.75) is 84.1 Å². The summed E-state index contributed by atoms with van der Waals surface area (Å²) < 4.78 is 6.29. The number of ether oxygens (including phenoxy) is 1. The zero-order valence-corrected chi connectivity index (χ0v) is 14.3. The molecule has 1 aromatic rings. The van der Waals surface area contributed by atoms with Crippen molar-refractivity contribution >= 4 is 11.3 Å². The van der Waals surface area contributed by atoms with Crippen LogP contribution in [0.2, 0.25) is 0 Å². The second-order valence-corrected chi connectivity index (χ2v) is 8.09. The first-order valence-electron chi connectivity index (χ1n) is 8.69. The molecular weight excluding hydrogens is 278 g/mol. The zero-order chi connectivity index (χ0) is 14.7. The highest BCUT2D eigenvalue weighted by Crippen LogP contribution is 2.31. The summed E-state index contributed by atoms with van der Waals surface area (Å²) in [6, 6.07) is 3.15. The lowest BCUT2D eigenvalue weighted by Crippen LogP contribution is -2.27. The van der Waals surface area contributed by atoms with Crippen molar-refractivity contribution in [1.82, 2.24) is 5.32 Å². The van der Waals surface area contributed by atoms with Crippen LogP contribution in [0.1, 0.15) is 67.2 Å². The average molecular weight is 308 g/mol. The average Bonchev–Trinajstić information content (AvgIpc) is 3.27. The topological polar surface area (TPSA) is 21.3 Å². The Morgan fingerprint density at radius 3 is 2.81 bits per heavy atom. The van der Waals surface area contributed by atoms with Crippen molar-refractivity contribution < 1.29 is 4.74 Å². The lowest BCUT2D eigenvalue weighted by atomic mass is 9.85. The van der Waals surface area contributed by atoms with E-state index in [-0.39, 0.29) is 0 Å². The summed E-state index contributed by atoms with van der Waals surface area (Å²) in [4.78, 5) is 2.90. The number of thiophene rings is 1. The van der Waals surface area contributed by atoms with Gasteiger partial charge in [-0.1, -0.05) is 26.2 Å². The lowest BCUT2D eigenvalue weighted by Gasteiger charge is -2.30. The quantitative estimate of drug-likeness (QED) is 0.781. The van der Waals surface area contributed by atoms with Crippen LogP contribution in [0.25, 0.3) is 0 Å². The molecule has 2 aliphatic rings. The van der Waals surface area contributed by atoms with Crippen LogP contribution in [0.15, 0.2) is 6.07 Å². The van der Waals surface area contributed by atoms with E-state index < -0.39 is 0 Å². The van der Waals surface area contributed by atoms with Gasteiger partial charge in [0.15, 0.2) is 0 Å². The summed E-state index contributed by atoms with van der Waals surface area (Å²) >= 11 is 1.93. The molecule has 0 saturated heterocycles. The highest BCUT2D eigenvalue weighted by Gasteiger charge is 2.24. The van der Waals surface area contributed by atoms with Crippen molar-refractivity contribution in [1.29, 1.82) is 0 Å². The van der Waals surface area contributed by atoms with Gasteiger partial charge in [-0.05, 0) is 50.2 Å². The molecule has 1 N–H and O–H groups in total. The van der Waals surface area contributed by atoms with E-state index in [1.807, 2.05) is 11.3 Å². The van der Waals surface area contributed by atoms with E-state index in [2.05, 4.69) is 25.2 Å². The third-order valence-electron chi connectivity index (χ3n) is 5.03. The Morgan fingerprint density at radius 1 is 1.24 bits per heavy atom. The Labute approximate surface area is 133 Å². The summed E-state index contributed by atoms with van der Waals surface area (Å²) in [7, 11) is 0. The first-order chi connectivity index (χ1) is 10.3. The molecule has 118 valence electrons. The number of nitrogens with one attached hydrogen (secondary N) is 1. The normalized spacial score (nSPS) is 26.2. The summed E-state index contributed by atoms with van der Waals surface area (Å²) in [5.74, 6) is 0.786. The standard InChI is InChI=1S/C18H29NOS/c1-3-14-6-4-5-7-18(14)20-12-15-10-17(21-13(15)2)11-19-16-8-9-16/h10,14,16,18-19H,3-9,11-12H2,1-2H3. The molecule has 0 spiro atoms. The van der Waals surface area contributed by atoms with Gasteiger partial charge in [-0.15, -0.1) is 11.3 Å². The van der Waals surface area contributed by atoms with E-state index in [9.17, 15) is 0 Å². The molecule has 0 radical (unpaired) electrons. The van der Waals surface area contributed by atoms with Gasteiger partial charge in [-0.3, -0.25) is 0 Å². The maximum absolute atomic E-state index is 6.29. The Balaban J connectivity index is 1.51. The minimum Gasteiger partial charge on any atom is -0.373 e. The highest BCUT2D eigenvalue weighted by molar-refractivity contribution is 7.12. The smallest absolute Gasteiger partial charge is 0.0731 e. The van der Waals surface area contributed by atoms with Crippen LogP contribution in [-0.4, -0.2) is 12.1 Å². The Bertz CT molecular complexity index is 452. The van der Waals surface area contributed by atoms with Gasteiger partial charge in [0.05, 0.1) is 12.7 Å². The highest BCUT2D eigenvalue weighted by atomic mass is 32.1. The first-order valence-corrected chi connectivity index (χ1v) is 9.51. The van der Waals surface area contributed by atoms with Crippen LogP contribution in [0, 0.1) is 12.8 Å². The van der Waals surface area contributed by atoms with E-state index in [0.29, 0.717) is 6.10 Å². The Morgan fingerprint density at radius 2 is 2.05 bits per heavy atom. The molecular formula is C18H29NOS. The summed E-state index contributed by atoms with van der Waals surface area (Å²) in [6.07, 6.45) is 9.85. The second-order valence-electron chi connectivity index (χ2n) is 6.75. The Kier molecular flexibility index (Phi) is 5.36. The molecule has 2 saturated carbocycles. The number of hydrogen-bond donors (Lipinski definition) is 1. The zero-order valence-electron chi connectivity index (χ0n) is 13.5. The fourth-order valence-corrected chi connectivity index (χ4v) is 4.41. The molecule has 3 heteroatoms. The van der Waals surface area contributed by atoms with Gasteiger partial charge in [-0.25, -0.2) is 0 Å². The van der Waals surface area contributed by atoms with Gasteiger partial charge in [0, 0.05) is 22.3 Å². The van der Waals surface area contributed by atoms with E-state index in [4.69, 9.17) is 4.74 Å². The maximum atomic E-state index is 6.29. The van der Waals surface area contributed by atoms with Gasteiger partial charge in [-0.2, -0.15) is 0 Å². The van der Waals surface area contributed by atoms with E-state index in [1.54, 1.807) is 0 Å². The van der Waals surface area contributed by atoms with Crippen LogP contribution >= 0.6 is 11.3 Å². The molecule has 2 unspecified atom stereocenters. The summed E-state index contributed by atoms with van der Waals surface area (Å²) in [6.45, 7) is 6.40. The third kappa shape index (κ3) is 4.30. The molecule has 2 aliphatic carbocycles. The molecule has 21 heavy (non-hydrogen) atoms. The van der Waals surface area contributed by atoms with Gasteiger partial charge >= 0.3 is 0 Å². The number of hydrogen-bond acceptors (Lipinski definition) is 3. The molecule has 0 aliphatic heterocycles. The molecule has 1 aromatic heterocycles. The predicted molar refractivity (Wildman–Crippen MR) is 89.7 cm³/mol. The van der Waals surface area contributed by atoms with E-state index >= 15 is 0 Å². The molecule has 3 rings (SSSR count). The molecule has 2 nitrogen and oxygen atoms in total. The lowest BCUT2D eigenvalue weighted by molar-refractivity contribution is -0.0222. The van der Waals surface area contributed by atoms with Gasteiger partial charge in [0.2, 0.25) is 0 Å². The fraction of sp³-hybridized carbons (Fsp3) is 0.778. The van der Waals surface area contributed by atoms with Crippen molar-refractivity contribution in [3.8, 4) is 0 Å². The molecule has 2 atom stereocenters. The molecule has 0 bridgehead atoms. The van der Waals surface area contributed by atoms with Crippen LogP contribution in [-0.2, 0) is 17.9 Å². The van der Waals surface area contributed by atoms with Crippen molar-refractivity contribution in [2.24, 2.45) is 5.92 Å². The SMILES string of the molecule is CCC1CCCCC1OCc1cc(CNC2CC2)sc1C. The van der Waals surface area contributed by atoms with E-state index in [1.165, 1.54) is 60.3 Å². The fourth-order valence-electron chi connectivity index (χ4n) is 3.41. The predicted octanol–water partition coefficient (Wildman–Crippen LogP) is 4.79. The maximum Gasteiger partial charge on any atom is 0.0731 e. The van der Waals surface area contributed by atoms with Gasteiger partial charge in [0.1, 0.15) is 0 Å². The molecule has 1 heterocycles. The first kappa shape index (κ1) is 15.5. The van der Waals surface area contributed by atoms with Crippen LogP contribution < -0.4 is 5.32 Å². The third-order valence-corrected chi connectivity index (χ3v) is 6.12.